The average Bonchev–Trinajstić information content (AvgIpc) is 3.22. The molecule has 0 heterocycles. The summed E-state index contributed by atoms with van der Waals surface area (Å²) in [4.78, 5) is 12.4. The number of carbonyl (C=O) groups is 1. The summed E-state index contributed by atoms with van der Waals surface area (Å²) in [5.74, 6) is 2.25. The monoisotopic (exact) mass is 384 g/mol. The van der Waals surface area contributed by atoms with Gasteiger partial charge in [-0.25, -0.2) is 4.79 Å². The van der Waals surface area contributed by atoms with E-state index in [4.69, 9.17) is 14.2 Å². The zero-order chi connectivity index (χ0) is 19.9. The summed E-state index contributed by atoms with van der Waals surface area (Å²) in [6.07, 6.45) is 5.03. The van der Waals surface area contributed by atoms with Gasteiger partial charge in [0.2, 0.25) is 0 Å². The summed E-state index contributed by atoms with van der Waals surface area (Å²) in [5.41, 5.74) is 1.55. The minimum atomic E-state index is -0.290. The first kappa shape index (κ1) is 19.9. The molecule has 2 amide bonds. The third-order valence-electron chi connectivity index (χ3n) is 4.97. The molecule has 0 bridgehead atoms. The molecule has 3 rings (SSSR count). The predicted molar refractivity (Wildman–Crippen MR) is 109 cm³/mol. The van der Waals surface area contributed by atoms with Gasteiger partial charge >= 0.3 is 6.03 Å². The molecule has 2 N–H and O–H groups in total. The SMILES string of the molecule is COc1ccc(OC)c(C(C)NC(=O)Nc2ccc(OC3CCCC3)cc2)c1. The van der Waals surface area contributed by atoms with Crippen LogP contribution in [0.25, 0.3) is 0 Å². The van der Waals surface area contributed by atoms with Crippen molar-refractivity contribution in [2.24, 2.45) is 0 Å². The second-order valence-corrected chi connectivity index (χ2v) is 6.98. The van der Waals surface area contributed by atoms with Gasteiger partial charge in [0.1, 0.15) is 17.2 Å². The van der Waals surface area contributed by atoms with Crippen molar-refractivity contribution in [2.45, 2.75) is 44.8 Å². The van der Waals surface area contributed by atoms with Crippen LogP contribution in [0.15, 0.2) is 42.5 Å². The molecule has 1 atom stereocenters. The first-order valence-corrected chi connectivity index (χ1v) is 9.65. The fraction of sp³-hybridized carbons (Fsp3) is 0.409. The lowest BCUT2D eigenvalue weighted by Crippen LogP contribution is -2.31. The van der Waals surface area contributed by atoms with Crippen LogP contribution in [-0.4, -0.2) is 26.4 Å². The van der Waals surface area contributed by atoms with Gasteiger partial charge in [-0.15, -0.1) is 0 Å². The lowest BCUT2D eigenvalue weighted by Gasteiger charge is -2.19. The minimum absolute atomic E-state index is 0.255. The van der Waals surface area contributed by atoms with Gasteiger partial charge < -0.3 is 24.8 Å². The number of anilines is 1. The van der Waals surface area contributed by atoms with Crippen LogP contribution in [0.2, 0.25) is 0 Å². The Morgan fingerprint density at radius 1 is 1.00 bits per heavy atom. The summed E-state index contributed by atoms with van der Waals surface area (Å²) in [6.45, 7) is 1.90. The van der Waals surface area contributed by atoms with Crippen LogP contribution in [0.5, 0.6) is 17.2 Å². The van der Waals surface area contributed by atoms with Crippen molar-refractivity contribution in [1.82, 2.24) is 5.32 Å². The van der Waals surface area contributed by atoms with E-state index in [2.05, 4.69) is 10.6 Å². The fourth-order valence-corrected chi connectivity index (χ4v) is 3.43. The zero-order valence-electron chi connectivity index (χ0n) is 16.7. The molecule has 1 fully saturated rings. The van der Waals surface area contributed by atoms with E-state index in [0.29, 0.717) is 23.3 Å². The van der Waals surface area contributed by atoms with Crippen molar-refractivity contribution in [2.75, 3.05) is 19.5 Å². The minimum Gasteiger partial charge on any atom is -0.497 e. The first-order valence-electron chi connectivity index (χ1n) is 9.65. The van der Waals surface area contributed by atoms with Crippen molar-refractivity contribution >= 4 is 11.7 Å². The van der Waals surface area contributed by atoms with Crippen molar-refractivity contribution in [3.05, 3.63) is 48.0 Å². The zero-order valence-corrected chi connectivity index (χ0v) is 16.7. The highest BCUT2D eigenvalue weighted by Gasteiger charge is 2.17. The molecule has 0 aliphatic heterocycles. The van der Waals surface area contributed by atoms with Crippen LogP contribution in [0.3, 0.4) is 0 Å². The van der Waals surface area contributed by atoms with E-state index in [1.807, 2.05) is 49.4 Å². The third-order valence-corrected chi connectivity index (χ3v) is 4.97. The van der Waals surface area contributed by atoms with Gasteiger partial charge in [0, 0.05) is 11.3 Å². The molecule has 1 aliphatic rings. The van der Waals surface area contributed by atoms with E-state index in [0.717, 1.165) is 24.2 Å². The van der Waals surface area contributed by atoms with Gasteiger partial charge in [0.15, 0.2) is 0 Å². The molecule has 1 unspecified atom stereocenters. The Balaban J connectivity index is 1.57. The standard InChI is InChI=1S/C22H28N2O4/c1-15(20-14-19(26-2)12-13-21(20)27-3)23-22(25)24-16-8-10-18(11-9-16)28-17-6-4-5-7-17/h8-15,17H,4-7H2,1-3H3,(H2,23,24,25). The number of nitrogens with one attached hydrogen (secondary N) is 2. The molecule has 1 aliphatic carbocycles. The highest BCUT2D eigenvalue weighted by atomic mass is 16.5. The topological polar surface area (TPSA) is 68.8 Å². The molecule has 6 heteroatoms. The Morgan fingerprint density at radius 2 is 1.68 bits per heavy atom. The normalized spacial score (nSPS) is 15.0. The fourth-order valence-electron chi connectivity index (χ4n) is 3.43. The van der Waals surface area contributed by atoms with Gasteiger partial charge in [0.25, 0.3) is 0 Å². The molecule has 6 nitrogen and oxygen atoms in total. The number of methoxy groups -OCH3 is 2. The summed E-state index contributed by atoms with van der Waals surface area (Å²) in [5, 5.41) is 5.78. The van der Waals surface area contributed by atoms with Crippen LogP contribution < -0.4 is 24.8 Å². The van der Waals surface area contributed by atoms with Crippen LogP contribution in [-0.2, 0) is 0 Å². The van der Waals surface area contributed by atoms with Crippen molar-refractivity contribution in [3.63, 3.8) is 0 Å². The number of rotatable bonds is 7. The van der Waals surface area contributed by atoms with E-state index in [1.165, 1.54) is 12.8 Å². The number of benzene rings is 2. The lowest BCUT2D eigenvalue weighted by atomic mass is 10.1. The van der Waals surface area contributed by atoms with Gasteiger partial charge in [-0.1, -0.05) is 0 Å². The summed E-state index contributed by atoms with van der Waals surface area (Å²) in [6, 6.07) is 12.4. The molecule has 0 aromatic heterocycles. The predicted octanol–water partition coefficient (Wildman–Crippen LogP) is 4.91. The molecule has 2 aromatic carbocycles. The second-order valence-electron chi connectivity index (χ2n) is 6.98. The highest BCUT2D eigenvalue weighted by molar-refractivity contribution is 5.89. The van der Waals surface area contributed by atoms with Crippen LogP contribution in [0, 0.1) is 0 Å². The largest absolute Gasteiger partial charge is 0.497 e. The quantitative estimate of drug-likeness (QED) is 0.712. The van der Waals surface area contributed by atoms with E-state index >= 15 is 0 Å². The summed E-state index contributed by atoms with van der Waals surface area (Å²) < 4.78 is 16.6. The third kappa shape index (κ3) is 5.09. The van der Waals surface area contributed by atoms with Crippen LogP contribution >= 0.6 is 0 Å². The van der Waals surface area contributed by atoms with Gasteiger partial charge in [-0.2, -0.15) is 0 Å². The molecular formula is C22H28N2O4. The number of hydrogen-bond acceptors (Lipinski definition) is 4. The number of hydrogen-bond donors (Lipinski definition) is 2. The summed E-state index contributed by atoms with van der Waals surface area (Å²) in [7, 11) is 3.21. The van der Waals surface area contributed by atoms with Crippen molar-refractivity contribution < 1.29 is 19.0 Å². The first-order chi connectivity index (χ1) is 13.6. The maximum absolute atomic E-state index is 12.4. The Labute approximate surface area is 166 Å². The van der Waals surface area contributed by atoms with Crippen LogP contribution in [0.4, 0.5) is 10.5 Å². The summed E-state index contributed by atoms with van der Waals surface area (Å²) >= 11 is 0. The van der Waals surface area contributed by atoms with E-state index in [9.17, 15) is 4.79 Å². The molecule has 2 aromatic rings. The number of amides is 2. The smallest absolute Gasteiger partial charge is 0.319 e. The Morgan fingerprint density at radius 3 is 2.32 bits per heavy atom. The van der Waals surface area contributed by atoms with Crippen LogP contribution in [0.1, 0.15) is 44.2 Å². The second kappa shape index (κ2) is 9.35. The molecule has 1 saturated carbocycles. The Kier molecular flexibility index (Phi) is 6.63. The van der Waals surface area contributed by atoms with Gasteiger partial charge in [0.05, 0.1) is 26.4 Å². The van der Waals surface area contributed by atoms with E-state index < -0.39 is 0 Å². The molecular weight excluding hydrogens is 356 g/mol. The molecule has 0 radical (unpaired) electrons. The average molecular weight is 384 g/mol. The van der Waals surface area contributed by atoms with E-state index in [-0.39, 0.29) is 12.1 Å². The molecule has 0 saturated heterocycles. The Hall–Kier alpha value is -2.89. The van der Waals surface area contributed by atoms with E-state index in [1.54, 1.807) is 14.2 Å². The molecule has 150 valence electrons. The number of urea groups is 1. The van der Waals surface area contributed by atoms with Crippen molar-refractivity contribution in [3.8, 4) is 17.2 Å². The lowest BCUT2D eigenvalue weighted by molar-refractivity contribution is 0.210. The van der Waals surface area contributed by atoms with Crippen molar-refractivity contribution in [1.29, 1.82) is 0 Å². The maximum atomic E-state index is 12.4. The molecule has 0 spiro atoms. The molecule has 28 heavy (non-hydrogen) atoms. The van der Waals surface area contributed by atoms with Gasteiger partial charge in [-0.3, -0.25) is 0 Å². The number of ether oxygens (including phenoxy) is 3. The Bertz CT molecular complexity index is 786. The maximum Gasteiger partial charge on any atom is 0.319 e. The highest BCUT2D eigenvalue weighted by Crippen LogP contribution is 2.29. The number of carbonyl (C=O) groups excluding carboxylic acids is 1. The van der Waals surface area contributed by atoms with Gasteiger partial charge in [-0.05, 0) is 75.1 Å².